The lowest BCUT2D eigenvalue weighted by atomic mass is 9.89. The van der Waals surface area contributed by atoms with Crippen LogP contribution >= 0.6 is 0 Å². The summed E-state index contributed by atoms with van der Waals surface area (Å²) in [6, 6.07) is 14.7. The minimum absolute atomic E-state index is 0.238. The molecule has 0 atom stereocenters. The summed E-state index contributed by atoms with van der Waals surface area (Å²) in [6.45, 7) is 3.46. The zero-order valence-electron chi connectivity index (χ0n) is 20.0. The molecule has 0 bridgehead atoms. The third-order valence-electron chi connectivity index (χ3n) is 5.66. The van der Waals surface area contributed by atoms with Gasteiger partial charge >= 0.3 is 0 Å². The Hall–Kier alpha value is -3.56. The lowest BCUT2D eigenvalue weighted by Gasteiger charge is -2.24. The van der Waals surface area contributed by atoms with Gasteiger partial charge in [0.25, 0.3) is 5.91 Å². The predicted molar refractivity (Wildman–Crippen MR) is 134 cm³/mol. The summed E-state index contributed by atoms with van der Waals surface area (Å²) in [5, 5.41) is 0. The Balaban J connectivity index is 2.38. The lowest BCUT2D eigenvalue weighted by molar-refractivity contribution is -0.125. The third kappa shape index (κ3) is 5.75. The molecular weight excluding hydrogens is 474 g/mol. The first-order valence-electron chi connectivity index (χ1n) is 10.6. The highest BCUT2D eigenvalue weighted by molar-refractivity contribution is 7.92. The Morgan fingerprint density at radius 1 is 1.00 bits per heavy atom. The molecular formula is C26H26F2N2O4S. The van der Waals surface area contributed by atoms with Gasteiger partial charge in [0.15, 0.2) is 0 Å². The van der Waals surface area contributed by atoms with Crippen LogP contribution in [-0.4, -0.2) is 34.7 Å². The van der Waals surface area contributed by atoms with Crippen LogP contribution in [-0.2, 0) is 19.7 Å². The maximum Gasteiger partial charge on any atom is 0.275 e. The zero-order valence-corrected chi connectivity index (χ0v) is 20.8. The minimum Gasteiger partial charge on any atom is -0.277 e. The van der Waals surface area contributed by atoms with Gasteiger partial charge in [-0.3, -0.25) is 13.9 Å². The van der Waals surface area contributed by atoms with Crippen molar-refractivity contribution in [3.63, 3.8) is 0 Å². The normalized spacial score (nSPS) is 12.2. The maximum atomic E-state index is 14.1. The molecule has 184 valence electrons. The highest BCUT2D eigenvalue weighted by atomic mass is 32.2. The second-order valence-electron chi connectivity index (χ2n) is 8.07. The van der Waals surface area contributed by atoms with Gasteiger partial charge in [-0.05, 0) is 78.1 Å². The lowest BCUT2D eigenvalue weighted by Crippen LogP contribution is -2.26. The highest BCUT2D eigenvalue weighted by Gasteiger charge is 2.24. The number of anilines is 1. The van der Waals surface area contributed by atoms with Gasteiger partial charge in [-0.1, -0.05) is 24.3 Å². The molecule has 3 aromatic carbocycles. The molecule has 0 radical (unpaired) electrons. The molecule has 0 aliphatic rings. The number of nitrogens with one attached hydrogen (secondary N) is 1. The fourth-order valence-corrected chi connectivity index (χ4v) is 4.28. The summed E-state index contributed by atoms with van der Waals surface area (Å²) in [7, 11) is -0.931. The molecule has 3 rings (SSSR count). The largest absolute Gasteiger partial charge is 0.277 e. The van der Waals surface area contributed by atoms with Gasteiger partial charge in [0, 0.05) is 12.6 Å². The predicted octanol–water partition coefficient (Wildman–Crippen LogP) is 4.94. The van der Waals surface area contributed by atoms with Crippen molar-refractivity contribution in [3.05, 3.63) is 89.0 Å². The van der Waals surface area contributed by atoms with E-state index in [4.69, 9.17) is 4.84 Å². The summed E-state index contributed by atoms with van der Waals surface area (Å²) in [5.41, 5.74) is 5.95. The first kappa shape index (κ1) is 26.1. The topological polar surface area (TPSA) is 75.7 Å². The van der Waals surface area contributed by atoms with Crippen molar-refractivity contribution < 1.29 is 26.8 Å². The number of hydrogen-bond donors (Lipinski definition) is 1. The number of aryl methyl sites for hydroxylation is 1. The van der Waals surface area contributed by atoms with E-state index >= 15 is 0 Å². The second kappa shape index (κ2) is 10.4. The first-order chi connectivity index (χ1) is 16.4. The molecule has 6 nitrogen and oxygen atoms in total. The van der Waals surface area contributed by atoms with Crippen molar-refractivity contribution in [2.45, 2.75) is 13.8 Å². The molecule has 0 heterocycles. The van der Waals surface area contributed by atoms with Crippen LogP contribution in [0.3, 0.4) is 0 Å². The quantitative estimate of drug-likeness (QED) is 0.283. The van der Waals surface area contributed by atoms with E-state index < -0.39 is 27.6 Å². The number of carbonyl (C=O) groups is 1. The van der Waals surface area contributed by atoms with Crippen LogP contribution in [0.4, 0.5) is 14.5 Å². The first-order valence-corrected chi connectivity index (χ1v) is 12.4. The van der Waals surface area contributed by atoms with Crippen molar-refractivity contribution in [1.82, 2.24) is 5.48 Å². The Labute approximate surface area is 203 Å². The average molecular weight is 501 g/mol. The number of rotatable bonds is 7. The maximum absolute atomic E-state index is 14.1. The van der Waals surface area contributed by atoms with Gasteiger partial charge in [0.05, 0.1) is 24.6 Å². The summed E-state index contributed by atoms with van der Waals surface area (Å²) in [6.07, 6.45) is 1.07. The van der Waals surface area contributed by atoms with E-state index in [2.05, 4.69) is 5.48 Å². The van der Waals surface area contributed by atoms with E-state index in [-0.39, 0.29) is 5.57 Å². The summed E-state index contributed by atoms with van der Waals surface area (Å²) >= 11 is 0. The smallest absolute Gasteiger partial charge is 0.275 e. The Kier molecular flexibility index (Phi) is 7.72. The molecule has 35 heavy (non-hydrogen) atoms. The molecule has 0 aromatic heterocycles. The van der Waals surface area contributed by atoms with E-state index in [1.807, 2.05) is 0 Å². The molecule has 0 saturated carbocycles. The molecule has 1 amide bonds. The van der Waals surface area contributed by atoms with Crippen molar-refractivity contribution in [3.8, 4) is 11.1 Å². The van der Waals surface area contributed by atoms with Crippen LogP contribution in [0.1, 0.15) is 23.6 Å². The SMILES string of the molecule is CONC(=O)C(=C(C)c1ccc(F)cc1)c1cc(-c2cccc(F)c2)c(N(C)S(C)(=O)=O)cc1C. The Morgan fingerprint density at radius 2 is 1.66 bits per heavy atom. The Bertz CT molecular complexity index is 1400. The number of carbonyl (C=O) groups excluding carboxylic acids is 1. The van der Waals surface area contributed by atoms with Gasteiger partial charge in [0.2, 0.25) is 10.0 Å². The van der Waals surface area contributed by atoms with Gasteiger partial charge < -0.3 is 0 Å². The molecule has 0 aliphatic heterocycles. The molecule has 0 fully saturated rings. The number of allylic oxidation sites excluding steroid dienone is 1. The molecule has 3 aromatic rings. The number of hydrogen-bond acceptors (Lipinski definition) is 4. The van der Waals surface area contributed by atoms with Gasteiger partial charge in [-0.15, -0.1) is 0 Å². The minimum atomic E-state index is -3.64. The van der Waals surface area contributed by atoms with Crippen molar-refractivity contribution in [2.24, 2.45) is 0 Å². The van der Waals surface area contributed by atoms with Crippen LogP contribution in [0.2, 0.25) is 0 Å². The van der Waals surface area contributed by atoms with Crippen LogP contribution in [0.15, 0.2) is 60.7 Å². The molecule has 0 spiro atoms. The van der Waals surface area contributed by atoms with Crippen molar-refractivity contribution in [2.75, 3.05) is 24.7 Å². The molecule has 9 heteroatoms. The fourth-order valence-electron chi connectivity index (χ4n) is 3.77. The summed E-state index contributed by atoms with van der Waals surface area (Å²) in [5.74, 6) is -1.46. The average Bonchev–Trinajstić information content (AvgIpc) is 2.79. The van der Waals surface area contributed by atoms with E-state index in [1.54, 1.807) is 44.2 Å². The highest BCUT2D eigenvalue weighted by Crippen LogP contribution is 2.38. The van der Waals surface area contributed by atoms with E-state index in [0.717, 1.165) is 10.6 Å². The number of nitrogens with zero attached hydrogens (tertiary/aromatic N) is 1. The van der Waals surface area contributed by atoms with Crippen LogP contribution in [0.25, 0.3) is 22.3 Å². The standard InChI is InChI=1S/C26H26F2N2O4S/c1-16-13-24(30(3)35(5,32)33)23(19-7-6-8-21(28)14-19)15-22(16)25(26(31)29-34-4)17(2)18-9-11-20(27)12-10-18/h6-15H,1-5H3,(H,29,31). The monoisotopic (exact) mass is 500 g/mol. The second-order valence-corrected chi connectivity index (χ2v) is 10.1. The van der Waals surface area contributed by atoms with Crippen LogP contribution in [0, 0.1) is 18.6 Å². The number of benzene rings is 3. The molecule has 0 unspecified atom stereocenters. The van der Waals surface area contributed by atoms with Crippen LogP contribution in [0.5, 0.6) is 0 Å². The van der Waals surface area contributed by atoms with E-state index in [0.29, 0.717) is 39.1 Å². The number of hydroxylamine groups is 1. The molecule has 0 aliphatic carbocycles. The number of amides is 1. The summed E-state index contributed by atoms with van der Waals surface area (Å²) in [4.78, 5) is 18.0. The zero-order chi connectivity index (χ0) is 25.9. The van der Waals surface area contributed by atoms with Gasteiger partial charge in [0.1, 0.15) is 11.6 Å². The molecule has 1 N–H and O–H groups in total. The van der Waals surface area contributed by atoms with Crippen molar-refractivity contribution in [1.29, 1.82) is 0 Å². The van der Waals surface area contributed by atoms with Crippen molar-refractivity contribution >= 4 is 32.8 Å². The third-order valence-corrected chi connectivity index (χ3v) is 6.85. The fraction of sp³-hybridized carbons (Fsp3) is 0.192. The van der Waals surface area contributed by atoms with Gasteiger partial charge in [-0.25, -0.2) is 22.7 Å². The van der Waals surface area contributed by atoms with E-state index in [1.165, 1.54) is 44.5 Å². The van der Waals surface area contributed by atoms with Crippen LogP contribution < -0.4 is 9.79 Å². The number of halogens is 2. The Morgan fingerprint density at radius 3 is 2.23 bits per heavy atom. The summed E-state index contributed by atoms with van der Waals surface area (Å²) < 4.78 is 53.4. The van der Waals surface area contributed by atoms with E-state index in [9.17, 15) is 22.0 Å². The van der Waals surface area contributed by atoms with Gasteiger partial charge in [-0.2, -0.15) is 0 Å². The molecule has 0 saturated heterocycles. The number of sulfonamides is 1.